The van der Waals surface area contributed by atoms with Crippen LogP contribution in [0.4, 0.5) is 0 Å². The summed E-state index contributed by atoms with van der Waals surface area (Å²) < 4.78 is 0. The van der Waals surface area contributed by atoms with E-state index in [4.69, 9.17) is 0 Å². The molecule has 0 N–H and O–H groups in total. The van der Waals surface area contributed by atoms with Crippen LogP contribution in [0.2, 0.25) is 0 Å². The highest BCUT2D eigenvalue weighted by atomic mass is 16.1. The fraction of sp³-hybridized carbons (Fsp3) is 0.423. The summed E-state index contributed by atoms with van der Waals surface area (Å²) in [7, 11) is 0. The zero-order chi connectivity index (χ0) is 21.8. The van der Waals surface area contributed by atoms with Crippen LogP contribution in [0.5, 0.6) is 0 Å². The van der Waals surface area contributed by atoms with Crippen molar-refractivity contribution in [2.24, 2.45) is 5.41 Å². The van der Waals surface area contributed by atoms with Gasteiger partial charge in [-0.05, 0) is 54.0 Å². The third-order valence-corrected chi connectivity index (χ3v) is 6.81. The summed E-state index contributed by atoms with van der Waals surface area (Å²) in [6.45, 7) is 5.71. The van der Waals surface area contributed by atoms with Crippen molar-refractivity contribution in [2.45, 2.75) is 51.7 Å². The van der Waals surface area contributed by atoms with Crippen LogP contribution in [0.3, 0.4) is 0 Å². The Bertz CT molecular complexity index is 951. The van der Waals surface area contributed by atoms with Crippen LogP contribution >= 0.6 is 0 Å². The molecule has 1 unspecified atom stereocenters. The SMILES string of the molecule is Cc1cc2c(cc1CN(C=O)C(C=O)CCC=O)CC1(C2)CN(Cc2ccccc2)C1. The van der Waals surface area contributed by atoms with E-state index in [9.17, 15) is 14.4 Å². The van der Waals surface area contributed by atoms with Gasteiger partial charge in [-0.25, -0.2) is 0 Å². The molecule has 1 heterocycles. The van der Waals surface area contributed by atoms with Crippen LogP contribution in [-0.4, -0.2) is 47.9 Å². The van der Waals surface area contributed by atoms with Gasteiger partial charge in [0.1, 0.15) is 12.6 Å². The van der Waals surface area contributed by atoms with Gasteiger partial charge in [-0.2, -0.15) is 0 Å². The summed E-state index contributed by atoms with van der Waals surface area (Å²) in [5, 5.41) is 0. The molecule has 162 valence electrons. The lowest BCUT2D eigenvalue weighted by Gasteiger charge is -2.48. The number of likely N-dealkylation sites (tertiary alicyclic amines) is 1. The lowest BCUT2D eigenvalue weighted by Crippen LogP contribution is -2.56. The minimum absolute atomic E-state index is 0.277. The topological polar surface area (TPSA) is 57.7 Å². The average Bonchev–Trinajstić information content (AvgIpc) is 3.12. The van der Waals surface area contributed by atoms with E-state index < -0.39 is 6.04 Å². The number of aldehydes is 2. The third-order valence-electron chi connectivity index (χ3n) is 6.81. The van der Waals surface area contributed by atoms with Gasteiger partial charge >= 0.3 is 0 Å². The molecule has 0 bridgehead atoms. The molecule has 1 saturated heterocycles. The van der Waals surface area contributed by atoms with Crippen molar-refractivity contribution in [2.75, 3.05) is 13.1 Å². The molecule has 1 aliphatic carbocycles. The number of benzene rings is 2. The van der Waals surface area contributed by atoms with Crippen molar-refractivity contribution in [3.8, 4) is 0 Å². The second-order valence-electron chi connectivity index (χ2n) is 9.26. The molecule has 2 aliphatic rings. The van der Waals surface area contributed by atoms with Crippen molar-refractivity contribution < 1.29 is 14.4 Å². The molecule has 1 spiro atoms. The number of carbonyl (C=O) groups is 3. The molecule has 1 aliphatic heterocycles. The standard InChI is InChI=1S/C26H30N2O3/c1-20-10-22-12-26(17-27(18-26)14-21-6-3-2-4-7-21)13-23(22)11-24(20)15-28(19-31)25(16-30)8-5-9-29/h2-4,6-7,9-11,16,19,25H,5,8,12-15,17-18H2,1H3. The number of carbonyl (C=O) groups excluding carboxylic acids is 3. The summed E-state index contributed by atoms with van der Waals surface area (Å²) >= 11 is 0. The van der Waals surface area contributed by atoms with Gasteiger partial charge < -0.3 is 14.5 Å². The van der Waals surface area contributed by atoms with Crippen molar-refractivity contribution in [3.05, 3.63) is 70.3 Å². The van der Waals surface area contributed by atoms with Crippen LogP contribution in [0.15, 0.2) is 42.5 Å². The summed E-state index contributed by atoms with van der Waals surface area (Å²) in [5.41, 5.74) is 6.73. The van der Waals surface area contributed by atoms with Gasteiger partial charge in [0, 0.05) is 38.0 Å². The molecule has 0 aromatic heterocycles. The summed E-state index contributed by atoms with van der Waals surface area (Å²) in [4.78, 5) is 37.8. The van der Waals surface area contributed by atoms with Crippen LogP contribution in [0, 0.1) is 12.3 Å². The Morgan fingerprint density at radius 1 is 1.06 bits per heavy atom. The van der Waals surface area contributed by atoms with Crippen molar-refractivity contribution >= 4 is 19.0 Å². The first kappa shape index (κ1) is 21.4. The van der Waals surface area contributed by atoms with Gasteiger partial charge in [-0.15, -0.1) is 0 Å². The lowest BCUT2D eigenvalue weighted by atomic mass is 9.77. The van der Waals surface area contributed by atoms with Gasteiger partial charge in [0.15, 0.2) is 0 Å². The second kappa shape index (κ2) is 9.15. The van der Waals surface area contributed by atoms with E-state index in [1.807, 2.05) is 0 Å². The van der Waals surface area contributed by atoms with Crippen molar-refractivity contribution in [3.63, 3.8) is 0 Å². The largest absolute Gasteiger partial charge is 0.331 e. The van der Waals surface area contributed by atoms with E-state index in [1.165, 1.54) is 21.6 Å². The Morgan fingerprint density at radius 3 is 2.42 bits per heavy atom. The molecular formula is C26H30N2O3. The molecule has 1 fully saturated rings. The average molecular weight is 419 g/mol. The maximum atomic E-state index is 11.6. The Hall–Kier alpha value is -2.79. The zero-order valence-corrected chi connectivity index (χ0v) is 18.1. The number of amides is 1. The first-order chi connectivity index (χ1) is 15.1. The van der Waals surface area contributed by atoms with Crippen molar-refractivity contribution in [1.82, 2.24) is 9.80 Å². The lowest BCUT2D eigenvalue weighted by molar-refractivity contribution is -0.126. The smallest absolute Gasteiger partial charge is 0.210 e. The molecule has 5 heteroatoms. The molecule has 2 aromatic carbocycles. The maximum Gasteiger partial charge on any atom is 0.210 e. The molecule has 1 amide bonds. The normalized spacial score (nSPS) is 17.6. The van der Waals surface area contributed by atoms with Gasteiger partial charge in [0.2, 0.25) is 6.41 Å². The van der Waals surface area contributed by atoms with E-state index in [-0.39, 0.29) is 6.42 Å². The maximum absolute atomic E-state index is 11.6. The Labute approximate surface area is 184 Å². The number of rotatable bonds is 10. The number of hydrogen-bond donors (Lipinski definition) is 0. The van der Waals surface area contributed by atoms with Crippen LogP contribution in [-0.2, 0) is 40.3 Å². The number of aryl methyl sites for hydroxylation is 1. The minimum Gasteiger partial charge on any atom is -0.331 e. The number of fused-ring (bicyclic) bond motifs is 1. The molecular weight excluding hydrogens is 388 g/mol. The van der Waals surface area contributed by atoms with E-state index in [1.54, 1.807) is 0 Å². The molecule has 1 atom stereocenters. The van der Waals surface area contributed by atoms with Crippen LogP contribution in [0.25, 0.3) is 0 Å². The quantitative estimate of drug-likeness (QED) is 0.557. The van der Waals surface area contributed by atoms with E-state index >= 15 is 0 Å². The van der Waals surface area contributed by atoms with Gasteiger partial charge in [-0.1, -0.05) is 42.5 Å². The Balaban J connectivity index is 1.41. The predicted octanol–water partition coefficient (Wildman–Crippen LogP) is 3.10. The molecule has 31 heavy (non-hydrogen) atoms. The highest BCUT2D eigenvalue weighted by molar-refractivity contribution is 5.65. The second-order valence-corrected chi connectivity index (χ2v) is 9.26. The fourth-order valence-electron chi connectivity index (χ4n) is 5.29. The molecule has 5 nitrogen and oxygen atoms in total. The Kier molecular flexibility index (Phi) is 6.33. The highest BCUT2D eigenvalue weighted by Gasteiger charge is 2.46. The highest BCUT2D eigenvalue weighted by Crippen LogP contribution is 2.45. The summed E-state index contributed by atoms with van der Waals surface area (Å²) in [6, 6.07) is 14.6. The van der Waals surface area contributed by atoms with Gasteiger partial charge in [-0.3, -0.25) is 9.69 Å². The van der Waals surface area contributed by atoms with E-state index in [0.29, 0.717) is 18.4 Å². The van der Waals surface area contributed by atoms with Crippen LogP contribution in [0.1, 0.15) is 40.7 Å². The Morgan fingerprint density at radius 2 is 1.77 bits per heavy atom. The van der Waals surface area contributed by atoms with Crippen LogP contribution < -0.4 is 0 Å². The molecule has 2 aromatic rings. The summed E-state index contributed by atoms with van der Waals surface area (Å²) in [6.07, 6.45) is 5.12. The predicted molar refractivity (Wildman–Crippen MR) is 119 cm³/mol. The molecule has 0 saturated carbocycles. The minimum atomic E-state index is -0.556. The number of hydrogen-bond acceptors (Lipinski definition) is 4. The zero-order valence-electron chi connectivity index (χ0n) is 18.1. The third kappa shape index (κ3) is 4.62. The van der Waals surface area contributed by atoms with E-state index in [0.717, 1.165) is 62.6 Å². The summed E-state index contributed by atoms with van der Waals surface area (Å²) in [5.74, 6) is 0. The first-order valence-electron chi connectivity index (χ1n) is 11.0. The van der Waals surface area contributed by atoms with Gasteiger partial charge in [0.25, 0.3) is 0 Å². The fourth-order valence-corrected chi connectivity index (χ4v) is 5.29. The van der Waals surface area contributed by atoms with E-state index in [2.05, 4.69) is 54.3 Å². The first-order valence-corrected chi connectivity index (χ1v) is 11.0. The monoisotopic (exact) mass is 418 g/mol. The van der Waals surface area contributed by atoms with Gasteiger partial charge in [0.05, 0.1) is 6.04 Å². The molecule has 4 rings (SSSR count). The number of nitrogens with zero attached hydrogens (tertiary/aromatic N) is 2. The molecule has 0 radical (unpaired) electrons. The van der Waals surface area contributed by atoms with Crippen molar-refractivity contribution in [1.29, 1.82) is 0 Å².